The van der Waals surface area contributed by atoms with E-state index < -0.39 is 0 Å². The maximum atomic E-state index is 12.5. The molecule has 0 spiro atoms. The van der Waals surface area contributed by atoms with Crippen LogP contribution in [0, 0.1) is 6.92 Å². The maximum absolute atomic E-state index is 12.5. The molecular weight excluding hydrogens is 316 g/mol. The predicted molar refractivity (Wildman–Crippen MR) is 95.9 cm³/mol. The molecule has 1 atom stereocenters. The van der Waals surface area contributed by atoms with Crippen LogP contribution in [0.25, 0.3) is 0 Å². The summed E-state index contributed by atoms with van der Waals surface area (Å²) in [6.45, 7) is 5.93. The van der Waals surface area contributed by atoms with Crippen LogP contribution in [-0.2, 0) is 11.2 Å². The maximum Gasteiger partial charge on any atom is 0.227 e. The fraction of sp³-hybridized carbons (Fsp3) is 0.400. The summed E-state index contributed by atoms with van der Waals surface area (Å²) in [4.78, 5) is 18.6. The molecule has 25 heavy (non-hydrogen) atoms. The van der Waals surface area contributed by atoms with Crippen LogP contribution in [0.1, 0.15) is 24.5 Å². The predicted octanol–water partition coefficient (Wildman–Crippen LogP) is 3.01. The molecule has 1 amide bonds. The van der Waals surface area contributed by atoms with Gasteiger partial charge in [-0.05, 0) is 37.1 Å². The lowest BCUT2D eigenvalue weighted by molar-refractivity contribution is -0.129. The van der Waals surface area contributed by atoms with Crippen LogP contribution in [0.3, 0.4) is 0 Å². The number of likely N-dealkylation sites (tertiary alicyclic amines) is 1. The Bertz CT molecular complexity index is 698. The minimum absolute atomic E-state index is 0.0134. The van der Waals surface area contributed by atoms with Gasteiger partial charge in [0.2, 0.25) is 11.8 Å². The molecule has 0 saturated carbocycles. The number of hydrogen-bond donors (Lipinski definition) is 0. The third-order valence-electron chi connectivity index (χ3n) is 4.26. The monoisotopic (exact) mass is 340 g/mol. The minimum Gasteiger partial charge on any atom is -0.494 e. The van der Waals surface area contributed by atoms with Crippen molar-refractivity contribution in [1.29, 1.82) is 0 Å². The number of benzene rings is 1. The third-order valence-corrected chi connectivity index (χ3v) is 4.26. The normalized spacial score (nSPS) is 16.7. The van der Waals surface area contributed by atoms with Crippen LogP contribution >= 0.6 is 0 Å². The van der Waals surface area contributed by atoms with E-state index in [2.05, 4.69) is 4.98 Å². The number of pyridine rings is 1. The Labute approximate surface area is 148 Å². The van der Waals surface area contributed by atoms with Gasteiger partial charge in [0.15, 0.2) is 0 Å². The van der Waals surface area contributed by atoms with Crippen LogP contribution in [0.2, 0.25) is 0 Å². The number of carbonyl (C=O) groups is 1. The topological polar surface area (TPSA) is 51.7 Å². The Hall–Kier alpha value is -2.56. The smallest absolute Gasteiger partial charge is 0.227 e. The molecule has 3 rings (SSSR count). The highest BCUT2D eigenvalue weighted by atomic mass is 16.5. The number of hydrogen-bond acceptors (Lipinski definition) is 4. The van der Waals surface area contributed by atoms with E-state index in [1.807, 2.05) is 55.1 Å². The Kier molecular flexibility index (Phi) is 5.53. The summed E-state index contributed by atoms with van der Waals surface area (Å²) in [5.74, 6) is 1.59. The van der Waals surface area contributed by atoms with E-state index in [1.165, 1.54) is 0 Å². The molecule has 1 unspecified atom stereocenters. The van der Waals surface area contributed by atoms with E-state index in [9.17, 15) is 4.79 Å². The lowest BCUT2D eigenvalue weighted by Crippen LogP contribution is -2.32. The minimum atomic E-state index is 0.0134. The first-order valence-electron chi connectivity index (χ1n) is 8.73. The first kappa shape index (κ1) is 17.3. The Morgan fingerprint density at radius 1 is 1.24 bits per heavy atom. The van der Waals surface area contributed by atoms with Gasteiger partial charge in [-0.15, -0.1) is 0 Å². The summed E-state index contributed by atoms with van der Waals surface area (Å²) < 4.78 is 11.3. The van der Waals surface area contributed by atoms with Crippen molar-refractivity contribution in [3.63, 3.8) is 0 Å². The molecule has 1 saturated heterocycles. The van der Waals surface area contributed by atoms with Gasteiger partial charge in [0.25, 0.3) is 0 Å². The summed E-state index contributed by atoms with van der Waals surface area (Å²) >= 11 is 0. The number of amides is 1. The van der Waals surface area contributed by atoms with Gasteiger partial charge in [-0.1, -0.05) is 18.2 Å². The second-order valence-electron chi connectivity index (χ2n) is 6.30. The average Bonchev–Trinajstić information content (AvgIpc) is 3.08. The third kappa shape index (κ3) is 4.72. The van der Waals surface area contributed by atoms with Crippen molar-refractivity contribution >= 4 is 5.91 Å². The zero-order chi connectivity index (χ0) is 17.6. The summed E-state index contributed by atoms with van der Waals surface area (Å²) in [6, 6.07) is 11.6. The number of ether oxygens (including phenoxy) is 2. The Balaban J connectivity index is 1.50. The van der Waals surface area contributed by atoms with Gasteiger partial charge in [-0.3, -0.25) is 4.79 Å². The molecule has 132 valence electrons. The van der Waals surface area contributed by atoms with Crippen LogP contribution in [0.5, 0.6) is 11.6 Å². The van der Waals surface area contributed by atoms with E-state index in [-0.39, 0.29) is 12.0 Å². The van der Waals surface area contributed by atoms with Gasteiger partial charge in [0.05, 0.1) is 19.6 Å². The molecule has 0 radical (unpaired) electrons. The standard InChI is InChI=1S/C20H24N2O3/c1-3-24-17-7-5-16(6-8-17)12-20(23)22-11-10-18(14-22)25-19-9-4-15(2)13-21-19/h4-9,13,18H,3,10-12,14H2,1-2H3. The first-order chi connectivity index (χ1) is 12.1. The van der Waals surface area contributed by atoms with Crippen molar-refractivity contribution in [3.8, 4) is 11.6 Å². The lowest BCUT2D eigenvalue weighted by Gasteiger charge is -2.17. The van der Waals surface area contributed by atoms with Gasteiger partial charge in [0, 0.05) is 25.2 Å². The summed E-state index contributed by atoms with van der Waals surface area (Å²) in [5.41, 5.74) is 2.10. The number of nitrogens with zero attached hydrogens (tertiary/aromatic N) is 2. The van der Waals surface area contributed by atoms with Gasteiger partial charge >= 0.3 is 0 Å². The number of aryl methyl sites for hydroxylation is 1. The Morgan fingerprint density at radius 3 is 2.72 bits per heavy atom. The number of aromatic nitrogens is 1. The molecule has 0 bridgehead atoms. The lowest BCUT2D eigenvalue weighted by atomic mass is 10.1. The molecule has 0 aliphatic carbocycles. The van der Waals surface area contributed by atoms with Gasteiger partial charge in [0.1, 0.15) is 11.9 Å². The molecule has 1 fully saturated rings. The van der Waals surface area contributed by atoms with E-state index >= 15 is 0 Å². The summed E-state index contributed by atoms with van der Waals surface area (Å²) in [7, 11) is 0. The largest absolute Gasteiger partial charge is 0.494 e. The highest BCUT2D eigenvalue weighted by Crippen LogP contribution is 2.18. The van der Waals surface area contributed by atoms with Crippen molar-refractivity contribution in [2.24, 2.45) is 0 Å². The van der Waals surface area contributed by atoms with Crippen molar-refractivity contribution < 1.29 is 14.3 Å². The average molecular weight is 340 g/mol. The number of rotatable bonds is 6. The second-order valence-corrected chi connectivity index (χ2v) is 6.30. The quantitative estimate of drug-likeness (QED) is 0.811. The van der Waals surface area contributed by atoms with Gasteiger partial charge in [-0.2, -0.15) is 0 Å². The van der Waals surface area contributed by atoms with Crippen molar-refractivity contribution in [1.82, 2.24) is 9.88 Å². The fourth-order valence-corrected chi connectivity index (χ4v) is 2.90. The molecule has 5 nitrogen and oxygen atoms in total. The molecule has 1 aromatic carbocycles. The van der Waals surface area contributed by atoms with Crippen molar-refractivity contribution in [3.05, 3.63) is 53.7 Å². The Morgan fingerprint density at radius 2 is 2.04 bits per heavy atom. The van der Waals surface area contributed by atoms with E-state index in [1.54, 1.807) is 6.20 Å². The summed E-state index contributed by atoms with van der Waals surface area (Å²) in [6.07, 6.45) is 3.05. The fourth-order valence-electron chi connectivity index (χ4n) is 2.90. The molecule has 1 aromatic heterocycles. The van der Waals surface area contributed by atoms with Gasteiger partial charge < -0.3 is 14.4 Å². The van der Waals surface area contributed by atoms with Crippen LogP contribution in [-0.4, -0.2) is 41.6 Å². The molecule has 2 aromatic rings. The van der Waals surface area contributed by atoms with Crippen molar-refractivity contribution in [2.75, 3.05) is 19.7 Å². The van der Waals surface area contributed by atoms with Crippen molar-refractivity contribution in [2.45, 2.75) is 32.8 Å². The SMILES string of the molecule is CCOc1ccc(CC(=O)N2CCC(Oc3ccc(C)cn3)C2)cc1. The highest BCUT2D eigenvalue weighted by molar-refractivity contribution is 5.79. The zero-order valence-corrected chi connectivity index (χ0v) is 14.8. The highest BCUT2D eigenvalue weighted by Gasteiger charge is 2.27. The molecule has 1 aliphatic heterocycles. The van der Waals surface area contributed by atoms with Gasteiger partial charge in [-0.25, -0.2) is 4.98 Å². The first-order valence-corrected chi connectivity index (χ1v) is 8.73. The second kappa shape index (κ2) is 8.01. The van der Waals surface area contributed by atoms with Crippen LogP contribution in [0.15, 0.2) is 42.6 Å². The van der Waals surface area contributed by atoms with E-state index in [4.69, 9.17) is 9.47 Å². The summed E-state index contributed by atoms with van der Waals surface area (Å²) in [5, 5.41) is 0. The number of carbonyl (C=O) groups excluding carboxylic acids is 1. The molecular formula is C20H24N2O3. The molecule has 1 aliphatic rings. The van der Waals surface area contributed by atoms with E-state index in [0.717, 1.165) is 29.8 Å². The van der Waals surface area contributed by atoms with Crippen LogP contribution < -0.4 is 9.47 Å². The van der Waals surface area contributed by atoms with Crippen LogP contribution in [0.4, 0.5) is 0 Å². The van der Waals surface area contributed by atoms with E-state index in [0.29, 0.717) is 25.5 Å². The molecule has 2 heterocycles. The molecule has 0 N–H and O–H groups in total. The zero-order valence-electron chi connectivity index (χ0n) is 14.8. The molecule has 5 heteroatoms.